The van der Waals surface area contributed by atoms with Gasteiger partial charge in [-0.05, 0) is 67.2 Å². The summed E-state index contributed by atoms with van der Waals surface area (Å²) >= 11 is 1.97. The van der Waals surface area contributed by atoms with Gasteiger partial charge in [0, 0.05) is 35.1 Å². The molecule has 3 aromatic rings. The quantitative estimate of drug-likeness (QED) is 0.598. The predicted molar refractivity (Wildman–Crippen MR) is 116 cm³/mol. The zero-order chi connectivity index (χ0) is 18.2. The molecule has 0 saturated carbocycles. The highest BCUT2D eigenvalue weighted by molar-refractivity contribution is 7.19. The first-order chi connectivity index (χ1) is 13.3. The van der Waals surface area contributed by atoms with E-state index in [4.69, 9.17) is 0 Å². The predicted octanol–water partition coefficient (Wildman–Crippen LogP) is 5.46. The summed E-state index contributed by atoms with van der Waals surface area (Å²) in [6.07, 6.45) is 4.13. The summed E-state index contributed by atoms with van der Waals surface area (Å²) in [4.78, 5) is 6.62. The van der Waals surface area contributed by atoms with Gasteiger partial charge in [-0.3, -0.25) is 4.90 Å². The summed E-state index contributed by atoms with van der Waals surface area (Å²) in [5, 5.41) is 1.38. The maximum absolute atomic E-state index is 2.63. The molecule has 0 bridgehead atoms. The summed E-state index contributed by atoms with van der Waals surface area (Å²) < 4.78 is 1.41. The fraction of sp³-hybridized carbons (Fsp3) is 0.417. The second-order valence-corrected chi connectivity index (χ2v) is 9.42. The minimum absolute atomic E-state index is 0.500. The van der Waals surface area contributed by atoms with Gasteiger partial charge in [0.25, 0.3) is 0 Å². The first-order valence-corrected chi connectivity index (χ1v) is 11.1. The first kappa shape index (κ1) is 17.4. The Labute approximate surface area is 166 Å². The van der Waals surface area contributed by atoms with E-state index in [1.54, 1.807) is 5.56 Å². The van der Waals surface area contributed by atoms with Crippen LogP contribution in [-0.4, -0.2) is 36.5 Å². The van der Waals surface area contributed by atoms with Gasteiger partial charge in [0.05, 0.1) is 0 Å². The van der Waals surface area contributed by atoms with Crippen LogP contribution in [0.2, 0.25) is 0 Å². The number of hydrogen-bond acceptors (Lipinski definition) is 3. The van der Waals surface area contributed by atoms with Gasteiger partial charge in [-0.25, -0.2) is 0 Å². The standard InChI is InChI=1S/C24H28N2S/c1-25-16-20-13-18(15-26-11-5-2-6-12-26)9-10-21(20)22(17-25)24-14-19-7-3-4-8-23(19)27-24/h3-4,7-10,13-14,22H,2,5-6,11-12,15-17H2,1H3. The van der Waals surface area contributed by atoms with Crippen LogP contribution in [0.3, 0.4) is 0 Å². The highest BCUT2D eigenvalue weighted by Crippen LogP contribution is 2.39. The smallest absolute Gasteiger partial charge is 0.0345 e. The van der Waals surface area contributed by atoms with Crippen molar-refractivity contribution in [2.75, 3.05) is 26.7 Å². The molecule has 2 aliphatic heterocycles. The molecule has 0 N–H and O–H groups in total. The molecule has 5 rings (SSSR count). The summed E-state index contributed by atoms with van der Waals surface area (Å²) in [5.74, 6) is 0.500. The Kier molecular flexibility index (Phi) is 4.76. The molecule has 1 aromatic heterocycles. The van der Waals surface area contributed by atoms with E-state index in [2.05, 4.69) is 65.4 Å². The molecular weight excluding hydrogens is 348 g/mol. The molecule has 1 atom stereocenters. The monoisotopic (exact) mass is 376 g/mol. The molecule has 1 unspecified atom stereocenters. The van der Waals surface area contributed by atoms with Gasteiger partial charge in [-0.2, -0.15) is 0 Å². The molecule has 0 radical (unpaired) electrons. The van der Waals surface area contributed by atoms with Crippen LogP contribution in [0.1, 0.15) is 46.7 Å². The second-order valence-electron chi connectivity index (χ2n) is 8.31. The van der Waals surface area contributed by atoms with Crippen molar-refractivity contribution in [2.45, 2.75) is 38.3 Å². The molecule has 0 spiro atoms. The van der Waals surface area contributed by atoms with Gasteiger partial charge in [0.15, 0.2) is 0 Å². The Bertz CT molecular complexity index is 905. The molecule has 140 valence electrons. The van der Waals surface area contributed by atoms with E-state index in [0.29, 0.717) is 5.92 Å². The van der Waals surface area contributed by atoms with Gasteiger partial charge >= 0.3 is 0 Å². The fourth-order valence-corrected chi connectivity index (χ4v) is 5.97. The molecule has 1 fully saturated rings. The van der Waals surface area contributed by atoms with E-state index in [1.165, 1.54) is 58.4 Å². The van der Waals surface area contributed by atoms with Crippen molar-refractivity contribution in [1.29, 1.82) is 0 Å². The zero-order valence-corrected chi connectivity index (χ0v) is 17.0. The third-order valence-corrected chi connectivity index (χ3v) is 7.39. The lowest BCUT2D eigenvalue weighted by Gasteiger charge is -2.33. The lowest BCUT2D eigenvalue weighted by atomic mass is 9.87. The highest BCUT2D eigenvalue weighted by atomic mass is 32.1. The van der Waals surface area contributed by atoms with Crippen LogP contribution >= 0.6 is 11.3 Å². The first-order valence-electron chi connectivity index (χ1n) is 10.3. The van der Waals surface area contributed by atoms with Crippen LogP contribution < -0.4 is 0 Å². The number of hydrogen-bond donors (Lipinski definition) is 0. The number of thiophene rings is 1. The molecule has 2 aromatic carbocycles. The third-order valence-electron chi connectivity index (χ3n) is 6.16. The van der Waals surface area contributed by atoms with E-state index < -0.39 is 0 Å². The summed E-state index contributed by atoms with van der Waals surface area (Å²) in [5.41, 5.74) is 4.56. The van der Waals surface area contributed by atoms with Crippen LogP contribution in [0.5, 0.6) is 0 Å². The largest absolute Gasteiger partial charge is 0.301 e. The topological polar surface area (TPSA) is 6.48 Å². The number of nitrogens with zero attached hydrogens (tertiary/aromatic N) is 2. The molecule has 3 heterocycles. The van der Waals surface area contributed by atoms with Crippen molar-refractivity contribution in [3.63, 3.8) is 0 Å². The third kappa shape index (κ3) is 3.56. The number of rotatable bonds is 3. The fourth-order valence-electron chi connectivity index (χ4n) is 4.79. The summed E-state index contributed by atoms with van der Waals surface area (Å²) in [7, 11) is 2.26. The number of fused-ring (bicyclic) bond motifs is 2. The van der Waals surface area contributed by atoms with Crippen molar-refractivity contribution in [3.05, 3.63) is 70.1 Å². The van der Waals surface area contributed by atoms with Gasteiger partial charge in [-0.15, -0.1) is 11.3 Å². The lowest BCUT2D eigenvalue weighted by Crippen LogP contribution is -2.31. The van der Waals surface area contributed by atoms with E-state index >= 15 is 0 Å². The molecule has 2 nitrogen and oxygen atoms in total. The maximum atomic E-state index is 2.63. The molecule has 2 aliphatic rings. The van der Waals surface area contributed by atoms with Crippen LogP contribution in [0.25, 0.3) is 10.1 Å². The van der Waals surface area contributed by atoms with Crippen molar-refractivity contribution in [2.24, 2.45) is 0 Å². The second kappa shape index (κ2) is 7.38. The Morgan fingerprint density at radius 2 is 1.85 bits per heavy atom. The maximum Gasteiger partial charge on any atom is 0.0345 e. The van der Waals surface area contributed by atoms with Crippen LogP contribution in [0.4, 0.5) is 0 Å². The number of likely N-dealkylation sites (N-methyl/N-ethyl adjacent to an activating group) is 1. The van der Waals surface area contributed by atoms with Gasteiger partial charge in [0.1, 0.15) is 0 Å². The number of likely N-dealkylation sites (tertiary alicyclic amines) is 1. The van der Waals surface area contributed by atoms with Crippen molar-refractivity contribution < 1.29 is 0 Å². The molecule has 0 aliphatic carbocycles. The van der Waals surface area contributed by atoms with Crippen molar-refractivity contribution in [3.8, 4) is 0 Å². The molecule has 1 saturated heterocycles. The SMILES string of the molecule is CN1Cc2cc(CN3CCCCC3)ccc2C(c2cc3ccccc3s2)C1. The zero-order valence-electron chi connectivity index (χ0n) is 16.2. The average molecular weight is 377 g/mol. The molecule has 3 heteroatoms. The van der Waals surface area contributed by atoms with Crippen LogP contribution in [0.15, 0.2) is 48.5 Å². The van der Waals surface area contributed by atoms with Gasteiger partial charge in [-0.1, -0.05) is 42.8 Å². The highest BCUT2D eigenvalue weighted by Gasteiger charge is 2.26. The van der Waals surface area contributed by atoms with E-state index in [1.807, 2.05) is 11.3 Å². The van der Waals surface area contributed by atoms with E-state index in [0.717, 1.165) is 19.6 Å². The molecular formula is C24H28N2S. The Morgan fingerprint density at radius 1 is 1.00 bits per heavy atom. The number of piperidine rings is 1. The summed E-state index contributed by atoms with van der Waals surface area (Å²) in [6.45, 7) is 5.84. The van der Waals surface area contributed by atoms with Gasteiger partial charge in [0.2, 0.25) is 0 Å². The summed E-state index contributed by atoms with van der Waals surface area (Å²) in [6, 6.07) is 18.5. The Balaban J connectivity index is 1.45. The Morgan fingerprint density at radius 3 is 2.70 bits per heavy atom. The minimum Gasteiger partial charge on any atom is -0.301 e. The van der Waals surface area contributed by atoms with Gasteiger partial charge < -0.3 is 4.90 Å². The minimum atomic E-state index is 0.500. The van der Waals surface area contributed by atoms with Crippen molar-refractivity contribution in [1.82, 2.24) is 9.80 Å². The Hall–Kier alpha value is -1.68. The normalized spacial score (nSPS) is 21.4. The van der Waals surface area contributed by atoms with Crippen LogP contribution in [-0.2, 0) is 13.1 Å². The van der Waals surface area contributed by atoms with Crippen molar-refractivity contribution >= 4 is 21.4 Å². The molecule has 0 amide bonds. The van der Waals surface area contributed by atoms with E-state index in [-0.39, 0.29) is 0 Å². The number of benzene rings is 2. The van der Waals surface area contributed by atoms with E-state index in [9.17, 15) is 0 Å². The average Bonchev–Trinajstić information content (AvgIpc) is 3.12. The van der Waals surface area contributed by atoms with Crippen LogP contribution in [0, 0.1) is 0 Å². The molecule has 27 heavy (non-hydrogen) atoms. The lowest BCUT2D eigenvalue weighted by molar-refractivity contribution is 0.220.